The zero-order valence-electron chi connectivity index (χ0n) is 14.1. The zero-order chi connectivity index (χ0) is 16.8. The fraction of sp³-hybridized carbons (Fsp3) is 0.350. The number of nitrogens with zero attached hydrogens (tertiary/aromatic N) is 1. The number of nitrogens with one attached hydrogen (secondary N) is 1. The van der Waals surface area contributed by atoms with Gasteiger partial charge in [-0.15, -0.1) is 0 Å². The fourth-order valence-electron chi connectivity index (χ4n) is 3.13. The molecule has 1 fully saturated rings. The predicted molar refractivity (Wildman–Crippen MR) is 98.1 cm³/mol. The lowest BCUT2D eigenvalue weighted by molar-refractivity contribution is 0.102. The Kier molecular flexibility index (Phi) is 5.36. The van der Waals surface area contributed by atoms with Gasteiger partial charge in [-0.25, -0.2) is 0 Å². The van der Waals surface area contributed by atoms with Gasteiger partial charge in [0.1, 0.15) is 5.75 Å². The quantitative estimate of drug-likeness (QED) is 0.910. The molecule has 126 valence electrons. The minimum absolute atomic E-state index is 0.115. The van der Waals surface area contributed by atoms with Gasteiger partial charge in [0.05, 0.1) is 18.5 Å². The van der Waals surface area contributed by atoms with E-state index in [1.807, 2.05) is 30.3 Å². The highest BCUT2D eigenvalue weighted by atomic mass is 16.5. The number of hydrogen-bond donors (Lipinski definition) is 1. The maximum absolute atomic E-state index is 12.6. The number of carbonyl (C=O) groups excluding carboxylic acids is 1. The summed E-state index contributed by atoms with van der Waals surface area (Å²) >= 11 is 0. The number of carbonyl (C=O) groups is 1. The smallest absolute Gasteiger partial charge is 0.255 e. The Labute approximate surface area is 143 Å². The van der Waals surface area contributed by atoms with Gasteiger partial charge in [-0.1, -0.05) is 31.0 Å². The first kappa shape index (κ1) is 16.4. The van der Waals surface area contributed by atoms with E-state index in [4.69, 9.17) is 4.74 Å². The molecular formula is C20H24N2O2. The topological polar surface area (TPSA) is 41.6 Å². The van der Waals surface area contributed by atoms with Crippen molar-refractivity contribution in [2.75, 3.05) is 30.4 Å². The molecule has 0 spiro atoms. The van der Waals surface area contributed by atoms with Crippen LogP contribution in [-0.4, -0.2) is 26.1 Å². The zero-order valence-corrected chi connectivity index (χ0v) is 14.1. The van der Waals surface area contributed by atoms with Gasteiger partial charge >= 0.3 is 0 Å². The van der Waals surface area contributed by atoms with E-state index in [-0.39, 0.29) is 5.91 Å². The van der Waals surface area contributed by atoms with Crippen LogP contribution in [0.25, 0.3) is 0 Å². The number of ether oxygens (including phenoxy) is 1. The third kappa shape index (κ3) is 3.88. The first-order valence-corrected chi connectivity index (χ1v) is 8.57. The normalized spacial score (nSPS) is 14.8. The molecule has 3 rings (SSSR count). The summed E-state index contributed by atoms with van der Waals surface area (Å²) in [6.45, 7) is 2.10. The molecule has 1 amide bonds. The molecule has 1 N–H and O–H groups in total. The van der Waals surface area contributed by atoms with Crippen molar-refractivity contribution < 1.29 is 9.53 Å². The molecule has 0 saturated carbocycles. The van der Waals surface area contributed by atoms with Crippen molar-refractivity contribution in [2.45, 2.75) is 25.7 Å². The second-order valence-corrected chi connectivity index (χ2v) is 6.10. The molecule has 0 radical (unpaired) electrons. The number of amides is 1. The average Bonchev–Trinajstić information content (AvgIpc) is 2.91. The lowest BCUT2D eigenvalue weighted by Gasteiger charge is -2.25. The van der Waals surface area contributed by atoms with Crippen molar-refractivity contribution >= 4 is 17.3 Å². The standard InChI is InChI=1S/C20H24N2O2/c1-24-17-10-8-9-16(15-17)20(23)21-18-11-4-5-12-19(18)22-13-6-2-3-7-14-22/h4-5,8-12,15H,2-3,6-7,13-14H2,1H3,(H,21,23). The van der Waals surface area contributed by atoms with Gasteiger partial charge in [-0.05, 0) is 43.2 Å². The van der Waals surface area contributed by atoms with E-state index in [1.165, 1.54) is 25.7 Å². The van der Waals surface area contributed by atoms with Crippen LogP contribution in [0.5, 0.6) is 5.75 Å². The summed E-state index contributed by atoms with van der Waals surface area (Å²) in [5.41, 5.74) is 2.57. The molecule has 0 atom stereocenters. The van der Waals surface area contributed by atoms with E-state index in [0.29, 0.717) is 11.3 Å². The molecule has 1 heterocycles. The molecular weight excluding hydrogens is 300 g/mol. The second kappa shape index (κ2) is 7.86. The van der Waals surface area contributed by atoms with Crippen LogP contribution in [0.1, 0.15) is 36.0 Å². The van der Waals surface area contributed by atoms with E-state index >= 15 is 0 Å². The van der Waals surface area contributed by atoms with Gasteiger partial charge in [-0.2, -0.15) is 0 Å². The molecule has 1 saturated heterocycles. The summed E-state index contributed by atoms with van der Waals surface area (Å²) in [5.74, 6) is 0.569. The van der Waals surface area contributed by atoms with Gasteiger partial charge in [0.15, 0.2) is 0 Å². The summed E-state index contributed by atoms with van der Waals surface area (Å²) in [7, 11) is 1.60. The minimum Gasteiger partial charge on any atom is -0.497 e. The molecule has 0 aromatic heterocycles. The molecule has 4 heteroatoms. The van der Waals surface area contributed by atoms with Gasteiger partial charge in [0, 0.05) is 18.7 Å². The van der Waals surface area contributed by atoms with E-state index < -0.39 is 0 Å². The molecule has 0 bridgehead atoms. The fourth-order valence-corrected chi connectivity index (χ4v) is 3.13. The lowest BCUT2D eigenvalue weighted by Crippen LogP contribution is -2.25. The Hall–Kier alpha value is -2.49. The van der Waals surface area contributed by atoms with Crippen molar-refractivity contribution in [1.29, 1.82) is 0 Å². The third-order valence-corrected chi connectivity index (χ3v) is 4.43. The molecule has 2 aromatic carbocycles. The Balaban J connectivity index is 1.80. The van der Waals surface area contributed by atoms with Crippen LogP contribution in [0.15, 0.2) is 48.5 Å². The Morgan fingerprint density at radius 1 is 1.00 bits per heavy atom. The second-order valence-electron chi connectivity index (χ2n) is 6.10. The minimum atomic E-state index is -0.115. The summed E-state index contributed by atoms with van der Waals surface area (Å²) in [6, 6.07) is 15.3. The molecule has 24 heavy (non-hydrogen) atoms. The number of anilines is 2. The van der Waals surface area contributed by atoms with Gasteiger partial charge in [-0.3, -0.25) is 4.79 Å². The number of methoxy groups -OCH3 is 1. The van der Waals surface area contributed by atoms with Crippen LogP contribution in [0.2, 0.25) is 0 Å². The Bertz CT molecular complexity index is 692. The lowest BCUT2D eigenvalue weighted by atomic mass is 10.1. The summed E-state index contributed by atoms with van der Waals surface area (Å²) in [4.78, 5) is 15.0. The summed E-state index contributed by atoms with van der Waals surface area (Å²) in [5, 5.41) is 3.06. The van der Waals surface area contributed by atoms with Gasteiger partial charge in [0.25, 0.3) is 5.91 Å². The maximum Gasteiger partial charge on any atom is 0.255 e. The van der Waals surface area contributed by atoms with Crippen LogP contribution < -0.4 is 15.0 Å². The van der Waals surface area contributed by atoms with E-state index in [2.05, 4.69) is 16.3 Å². The maximum atomic E-state index is 12.6. The molecule has 1 aliphatic rings. The Morgan fingerprint density at radius 2 is 1.75 bits per heavy atom. The average molecular weight is 324 g/mol. The number of rotatable bonds is 4. The SMILES string of the molecule is COc1cccc(C(=O)Nc2ccccc2N2CCCCCC2)c1. The van der Waals surface area contributed by atoms with Gasteiger partial charge < -0.3 is 15.0 Å². The van der Waals surface area contributed by atoms with Crippen molar-refractivity contribution in [3.8, 4) is 5.75 Å². The van der Waals surface area contributed by atoms with Crippen LogP contribution in [0.3, 0.4) is 0 Å². The van der Waals surface area contributed by atoms with Gasteiger partial charge in [0.2, 0.25) is 0 Å². The Morgan fingerprint density at radius 3 is 2.50 bits per heavy atom. The third-order valence-electron chi connectivity index (χ3n) is 4.43. The highest BCUT2D eigenvalue weighted by Gasteiger charge is 2.15. The molecule has 2 aromatic rings. The van der Waals surface area contributed by atoms with Crippen LogP contribution >= 0.6 is 0 Å². The number of hydrogen-bond acceptors (Lipinski definition) is 3. The summed E-state index contributed by atoms with van der Waals surface area (Å²) < 4.78 is 5.20. The monoisotopic (exact) mass is 324 g/mol. The highest BCUT2D eigenvalue weighted by Crippen LogP contribution is 2.28. The number of para-hydroxylation sites is 2. The molecule has 0 unspecified atom stereocenters. The number of benzene rings is 2. The predicted octanol–water partition coefficient (Wildman–Crippen LogP) is 4.33. The van der Waals surface area contributed by atoms with E-state index in [0.717, 1.165) is 24.5 Å². The molecule has 1 aliphatic heterocycles. The summed E-state index contributed by atoms with van der Waals surface area (Å²) in [6.07, 6.45) is 4.99. The highest BCUT2D eigenvalue weighted by molar-refractivity contribution is 6.06. The molecule has 0 aliphatic carbocycles. The van der Waals surface area contributed by atoms with Crippen molar-refractivity contribution in [1.82, 2.24) is 0 Å². The molecule has 4 nitrogen and oxygen atoms in total. The van der Waals surface area contributed by atoms with E-state index in [1.54, 1.807) is 19.2 Å². The van der Waals surface area contributed by atoms with E-state index in [9.17, 15) is 4.79 Å². The van der Waals surface area contributed by atoms with Crippen molar-refractivity contribution in [3.63, 3.8) is 0 Å². The van der Waals surface area contributed by atoms with Crippen LogP contribution in [0.4, 0.5) is 11.4 Å². The first-order valence-electron chi connectivity index (χ1n) is 8.57. The van der Waals surface area contributed by atoms with Crippen LogP contribution in [0, 0.1) is 0 Å². The van der Waals surface area contributed by atoms with Crippen molar-refractivity contribution in [3.05, 3.63) is 54.1 Å². The first-order chi connectivity index (χ1) is 11.8. The van der Waals surface area contributed by atoms with Crippen LogP contribution in [-0.2, 0) is 0 Å². The largest absolute Gasteiger partial charge is 0.497 e. The van der Waals surface area contributed by atoms with Crippen molar-refractivity contribution in [2.24, 2.45) is 0 Å².